The van der Waals surface area contributed by atoms with E-state index in [1.807, 2.05) is 54.6 Å². The fourth-order valence-electron chi connectivity index (χ4n) is 4.97. The third-order valence-electron chi connectivity index (χ3n) is 6.58. The number of hydrogen-bond acceptors (Lipinski definition) is 6. The predicted molar refractivity (Wildman–Crippen MR) is 144 cm³/mol. The Kier molecular flexibility index (Phi) is 6.02. The second-order valence-corrected chi connectivity index (χ2v) is 11.0. The molecule has 7 nitrogen and oxygen atoms in total. The number of anilines is 2. The molecule has 3 atom stereocenters. The van der Waals surface area contributed by atoms with Gasteiger partial charge in [0.25, 0.3) is 0 Å². The second kappa shape index (κ2) is 9.49. The number of carbonyl (C=O) groups excluding carboxylic acids is 3. The molecule has 1 N–H and O–H groups in total. The lowest BCUT2D eigenvalue weighted by molar-refractivity contribution is -0.122. The molecular formula is C28H21N3O4S2. The fraction of sp³-hybridized carbons (Fsp3) is 0.143. The zero-order valence-corrected chi connectivity index (χ0v) is 21.1. The number of aromatic nitrogens is 1. The minimum atomic E-state index is -0.706. The molecule has 3 amide bonds. The van der Waals surface area contributed by atoms with Crippen LogP contribution in [0.2, 0.25) is 0 Å². The van der Waals surface area contributed by atoms with Crippen LogP contribution in [0.15, 0.2) is 101 Å². The standard InChI is InChI=1S/C28H21N3O4S2/c32-20(29-18-12-6-2-7-13-18)16-30-27-24(37-28(30)35)21(17-10-4-1-5-11-17)22-23(36-27)26(34)31(25(22)33)19-14-8-3-9-15-19/h1-15,21-23H,16H2,(H,29,32)/t21-,22-,23+/m0/s1. The highest BCUT2D eigenvalue weighted by Crippen LogP contribution is 2.53. The van der Waals surface area contributed by atoms with Gasteiger partial charge in [-0.3, -0.25) is 23.7 Å². The molecule has 6 rings (SSSR count). The van der Waals surface area contributed by atoms with Crippen LogP contribution in [0.1, 0.15) is 16.4 Å². The van der Waals surface area contributed by atoms with Crippen molar-refractivity contribution in [1.29, 1.82) is 0 Å². The van der Waals surface area contributed by atoms with Crippen LogP contribution < -0.4 is 15.1 Å². The number of rotatable bonds is 5. The summed E-state index contributed by atoms with van der Waals surface area (Å²) in [6, 6.07) is 27.4. The molecule has 0 unspecified atom stereocenters. The second-order valence-electron chi connectivity index (χ2n) is 8.84. The Hall–Kier alpha value is -3.95. The van der Waals surface area contributed by atoms with E-state index in [1.54, 1.807) is 36.4 Å². The zero-order valence-electron chi connectivity index (χ0n) is 19.4. The average molecular weight is 528 g/mol. The minimum absolute atomic E-state index is 0.185. The van der Waals surface area contributed by atoms with E-state index in [2.05, 4.69) is 5.32 Å². The summed E-state index contributed by atoms with van der Waals surface area (Å²) in [7, 11) is 0. The van der Waals surface area contributed by atoms with E-state index < -0.39 is 17.1 Å². The quantitative estimate of drug-likeness (QED) is 0.390. The van der Waals surface area contributed by atoms with Gasteiger partial charge in [-0.1, -0.05) is 89.8 Å². The van der Waals surface area contributed by atoms with Crippen LogP contribution in [-0.4, -0.2) is 27.5 Å². The van der Waals surface area contributed by atoms with Crippen molar-refractivity contribution in [3.63, 3.8) is 0 Å². The molecule has 2 aliphatic rings. The molecule has 0 saturated carbocycles. The van der Waals surface area contributed by atoms with Crippen molar-refractivity contribution < 1.29 is 14.4 Å². The molecule has 1 fully saturated rings. The molecule has 9 heteroatoms. The van der Waals surface area contributed by atoms with Crippen LogP contribution in [-0.2, 0) is 20.9 Å². The van der Waals surface area contributed by atoms with Gasteiger partial charge in [-0.25, -0.2) is 4.90 Å². The van der Waals surface area contributed by atoms with Gasteiger partial charge < -0.3 is 5.32 Å². The fourth-order valence-corrected chi connectivity index (χ4v) is 7.75. The van der Waals surface area contributed by atoms with E-state index in [-0.39, 0.29) is 29.1 Å². The molecule has 0 spiro atoms. The van der Waals surface area contributed by atoms with Crippen molar-refractivity contribution in [1.82, 2.24) is 4.57 Å². The largest absolute Gasteiger partial charge is 0.325 e. The van der Waals surface area contributed by atoms with Gasteiger partial charge in [0.2, 0.25) is 17.7 Å². The van der Waals surface area contributed by atoms with Gasteiger partial charge in [0.1, 0.15) is 11.8 Å². The average Bonchev–Trinajstić information content (AvgIpc) is 3.36. The maximum atomic E-state index is 13.8. The number of imide groups is 1. The smallest absolute Gasteiger partial charge is 0.308 e. The SMILES string of the molecule is O=C(Cn1c2c(sc1=O)[C@@H](c1ccccc1)[C@@H]1C(=O)N(c3ccccc3)C(=O)[C@@H]1S2)Nc1ccccc1. The summed E-state index contributed by atoms with van der Waals surface area (Å²) < 4.78 is 1.43. The van der Waals surface area contributed by atoms with Gasteiger partial charge >= 0.3 is 4.87 Å². The minimum Gasteiger partial charge on any atom is -0.325 e. The summed E-state index contributed by atoms with van der Waals surface area (Å²) in [5.74, 6) is -2.05. The normalized spacial score (nSPS) is 20.4. The molecule has 0 aliphatic carbocycles. The van der Waals surface area contributed by atoms with E-state index in [0.29, 0.717) is 21.3 Å². The highest BCUT2D eigenvalue weighted by atomic mass is 32.2. The summed E-state index contributed by atoms with van der Waals surface area (Å²) in [5.41, 5.74) is 2.02. The number of amides is 3. The highest BCUT2D eigenvalue weighted by molar-refractivity contribution is 8.00. The van der Waals surface area contributed by atoms with Crippen molar-refractivity contribution in [2.24, 2.45) is 5.92 Å². The van der Waals surface area contributed by atoms with Crippen molar-refractivity contribution in [3.05, 3.63) is 111 Å². The number of benzene rings is 3. The number of para-hydroxylation sites is 2. The Morgan fingerprint density at radius 1 is 0.811 bits per heavy atom. The van der Waals surface area contributed by atoms with Crippen LogP contribution in [0.3, 0.4) is 0 Å². The van der Waals surface area contributed by atoms with E-state index in [1.165, 1.54) is 21.2 Å². The number of thiazole rings is 1. The number of fused-ring (bicyclic) bond motifs is 2. The van der Waals surface area contributed by atoms with Gasteiger partial charge in [-0.2, -0.15) is 0 Å². The Morgan fingerprint density at radius 3 is 2.11 bits per heavy atom. The summed E-state index contributed by atoms with van der Waals surface area (Å²) in [4.78, 5) is 55.1. The molecule has 37 heavy (non-hydrogen) atoms. The summed E-state index contributed by atoms with van der Waals surface area (Å²) in [6.07, 6.45) is 0. The van der Waals surface area contributed by atoms with Gasteiger partial charge in [0.15, 0.2) is 0 Å². The van der Waals surface area contributed by atoms with E-state index in [9.17, 15) is 19.2 Å². The number of nitrogens with zero attached hydrogens (tertiary/aromatic N) is 2. The van der Waals surface area contributed by atoms with Gasteiger partial charge in [0.05, 0.1) is 16.6 Å². The van der Waals surface area contributed by atoms with Crippen LogP contribution in [0, 0.1) is 5.92 Å². The molecule has 2 aliphatic heterocycles. The van der Waals surface area contributed by atoms with E-state index in [0.717, 1.165) is 16.9 Å². The third-order valence-corrected chi connectivity index (χ3v) is 9.19. The van der Waals surface area contributed by atoms with Gasteiger partial charge in [-0.15, -0.1) is 0 Å². The first-order valence-corrected chi connectivity index (χ1v) is 13.5. The van der Waals surface area contributed by atoms with Crippen LogP contribution in [0.4, 0.5) is 11.4 Å². The van der Waals surface area contributed by atoms with Crippen LogP contribution in [0.5, 0.6) is 0 Å². The number of hydrogen-bond donors (Lipinski definition) is 1. The monoisotopic (exact) mass is 527 g/mol. The maximum Gasteiger partial charge on any atom is 0.308 e. The molecule has 184 valence electrons. The first-order chi connectivity index (χ1) is 18.0. The first-order valence-electron chi connectivity index (χ1n) is 11.8. The third kappa shape index (κ3) is 4.10. The first kappa shape index (κ1) is 23.4. The topological polar surface area (TPSA) is 88.5 Å². The van der Waals surface area contributed by atoms with Gasteiger partial charge in [-0.05, 0) is 29.8 Å². The molecule has 3 heterocycles. The zero-order chi connectivity index (χ0) is 25.5. The summed E-state index contributed by atoms with van der Waals surface area (Å²) in [5, 5.41) is 2.68. The maximum absolute atomic E-state index is 13.8. The molecule has 0 bridgehead atoms. The molecule has 4 aromatic rings. The lowest BCUT2D eigenvalue weighted by Gasteiger charge is -2.30. The lowest BCUT2D eigenvalue weighted by atomic mass is 9.83. The molecular weight excluding hydrogens is 506 g/mol. The van der Waals surface area contributed by atoms with Crippen molar-refractivity contribution in [2.75, 3.05) is 10.2 Å². The van der Waals surface area contributed by atoms with E-state index in [4.69, 9.17) is 0 Å². The number of carbonyl (C=O) groups is 3. The van der Waals surface area contributed by atoms with Crippen LogP contribution >= 0.6 is 23.1 Å². The Balaban J connectivity index is 1.41. The Morgan fingerprint density at radius 2 is 1.43 bits per heavy atom. The molecule has 3 aromatic carbocycles. The lowest BCUT2D eigenvalue weighted by Crippen LogP contribution is -2.33. The van der Waals surface area contributed by atoms with Gasteiger partial charge in [0, 0.05) is 16.5 Å². The van der Waals surface area contributed by atoms with Crippen molar-refractivity contribution in [3.8, 4) is 0 Å². The Bertz CT molecular complexity index is 1550. The van der Waals surface area contributed by atoms with E-state index >= 15 is 0 Å². The Labute approximate surface area is 220 Å². The van der Waals surface area contributed by atoms with Crippen molar-refractivity contribution in [2.45, 2.75) is 22.7 Å². The number of nitrogens with one attached hydrogen (secondary N) is 1. The summed E-state index contributed by atoms with van der Waals surface area (Å²) >= 11 is 2.26. The number of thioether (sulfide) groups is 1. The van der Waals surface area contributed by atoms with Crippen molar-refractivity contribution >= 4 is 52.2 Å². The predicted octanol–water partition coefficient (Wildman–Crippen LogP) is 4.34. The molecule has 1 aromatic heterocycles. The van der Waals surface area contributed by atoms with Crippen LogP contribution in [0.25, 0.3) is 0 Å². The highest BCUT2D eigenvalue weighted by Gasteiger charge is 2.56. The summed E-state index contributed by atoms with van der Waals surface area (Å²) in [6.45, 7) is -0.185. The molecule has 1 saturated heterocycles. The molecule has 0 radical (unpaired) electrons.